The first-order chi connectivity index (χ1) is 7.15. The lowest BCUT2D eigenvalue weighted by Crippen LogP contribution is -2.13. The van der Waals surface area contributed by atoms with Gasteiger partial charge in [-0.15, -0.1) is 0 Å². The molecular formula is C11H16BrNOS. The molecule has 0 radical (unpaired) electrons. The van der Waals surface area contributed by atoms with Crippen LogP contribution in [0.15, 0.2) is 16.6 Å². The second kappa shape index (κ2) is 6.40. The lowest BCUT2D eigenvalue weighted by molar-refractivity contribution is 0.324. The van der Waals surface area contributed by atoms with Crippen LogP contribution in [0.25, 0.3) is 0 Å². The fourth-order valence-electron chi connectivity index (χ4n) is 1.30. The predicted octanol–water partition coefficient (Wildman–Crippen LogP) is 3.31. The van der Waals surface area contributed by atoms with Crippen LogP contribution >= 0.6 is 27.9 Å². The summed E-state index contributed by atoms with van der Waals surface area (Å²) in [7, 11) is 0. The molecule has 0 aliphatic heterocycles. The third-order valence-corrected chi connectivity index (χ3v) is 3.77. The van der Waals surface area contributed by atoms with Gasteiger partial charge in [0.25, 0.3) is 0 Å². The van der Waals surface area contributed by atoms with E-state index in [1.54, 1.807) is 11.9 Å². The van der Waals surface area contributed by atoms with E-state index in [1.165, 1.54) is 11.1 Å². The van der Waals surface area contributed by atoms with E-state index in [9.17, 15) is 0 Å². The lowest BCUT2D eigenvalue weighted by atomic mass is 10.1. The van der Waals surface area contributed by atoms with Gasteiger partial charge in [-0.1, -0.05) is 27.9 Å². The number of nitrogens with one attached hydrogen (secondary N) is 1. The van der Waals surface area contributed by atoms with Gasteiger partial charge in [-0.05, 0) is 43.4 Å². The molecule has 84 valence electrons. The summed E-state index contributed by atoms with van der Waals surface area (Å²) in [4.78, 5) is 0. The summed E-state index contributed by atoms with van der Waals surface area (Å²) in [6.45, 7) is 5.70. The maximum atomic E-state index is 5.63. The highest BCUT2D eigenvalue weighted by molar-refractivity contribution is 9.10. The van der Waals surface area contributed by atoms with Crippen LogP contribution in [0.2, 0.25) is 0 Å². The van der Waals surface area contributed by atoms with Gasteiger partial charge >= 0.3 is 0 Å². The summed E-state index contributed by atoms with van der Waals surface area (Å²) >= 11 is 5.14. The first kappa shape index (κ1) is 12.9. The van der Waals surface area contributed by atoms with Gasteiger partial charge in [0.05, 0.1) is 0 Å². The molecule has 0 fully saturated rings. The minimum absolute atomic E-state index is 0.696. The van der Waals surface area contributed by atoms with Gasteiger partial charge in [-0.3, -0.25) is 4.72 Å². The number of rotatable bonds is 5. The van der Waals surface area contributed by atoms with E-state index in [-0.39, 0.29) is 0 Å². The average molecular weight is 290 g/mol. The number of ether oxygens (including phenoxy) is 1. The molecule has 0 saturated carbocycles. The highest BCUT2D eigenvalue weighted by atomic mass is 79.9. The maximum absolute atomic E-state index is 5.63. The van der Waals surface area contributed by atoms with Crippen LogP contribution in [0.4, 0.5) is 0 Å². The van der Waals surface area contributed by atoms with Crippen molar-refractivity contribution in [1.82, 2.24) is 4.72 Å². The third-order valence-electron chi connectivity index (χ3n) is 2.03. The van der Waals surface area contributed by atoms with Gasteiger partial charge in [-0.2, -0.15) is 0 Å². The Kier molecular flexibility index (Phi) is 5.50. The molecule has 0 unspecified atom stereocenters. The molecule has 1 N–H and O–H groups in total. The SMILES string of the molecule is CSNCCOc1cc(C)c(Br)c(C)c1. The molecule has 0 saturated heterocycles. The Morgan fingerprint density at radius 2 is 1.93 bits per heavy atom. The molecule has 15 heavy (non-hydrogen) atoms. The molecule has 0 bridgehead atoms. The van der Waals surface area contributed by atoms with Crippen LogP contribution < -0.4 is 9.46 Å². The normalized spacial score (nSPS) is 10.4. The topological polar surface area (TPSA) is 21.3 Å². The van der Waals surface area contributed by atoms with Gasteiger partial charge in [0.2, 0.25) is 0 Å². The van der Waals surface area contributed by atoms with Crippen molar-refractivity contribution in [3.63, 3.8) is 0 Å². The van der Waals surface area contributed by atoms with E-state index in [2.05, 4.69) is 46.6 Å². The second-order valence-electron chi connectivity index (χ2n) is 3.32. The highest BCUT2D eigenvalue weighted by Gasteiger charge is 2.02. The quantitative estimate of drug-likeness (QED) is 0.664. The molecule has 0 heterocycles. The molecule has 0 aliphatic carbocycles. The van der Waals surface area contributed by atoms with Crippen LogP contribution in [-0.4, -0.2) is 19.4 Å². The molecule has 1 aromatic carbocycles. The van der Waals surface area contributed by atoms with Gasteiger partial charge in [0.1, 0.15) is 12.4 Å². The largest absolute Gasteiger partial charge is 0.492 e. The first-order valence-electron chi connectivity index (χ1n) is 4.80. The van der Waals surface area contributed by atoms with E-state index in [0.29, 0.717) is 6.61 Å². The molecule has 0 aliphatic rings. The minimum Gasteiger partial charge on any atom is -0.492 e. The summed E-state index contributed by atoms with van der Waals surface area (Å²) in [6.07, 6.45) is 2.01. The van der Waals surface area contributed by atoms with Crippen LogP contribution in [0.1, 0.15) is 11.1 Å². The number of hydrogen-bond acceptors (Lipinski definition) is 3. The smallest absolute Gasteiger partial charge is 0.119 e. The van der Waals surface area contributed by atoms with Crippen molar-refractivity contribution in [2.24, 2.45) is 0 Å². The fourth-order valence-corrected chi connectivity index (χ4v) is 1.82. The monoisotopic (exact) mass is 289 g/mol. The zero-order valence-electron chi connectivity index (χ0n) is 9.26. The summed E-state index contributed by atoms with van der Waals surface area (Å²) in [6, 6.07) is 4.10. The summed E-state index contributed by atoms with van der Waals surface area (Å²) in [5.41, 5.74) is 2.42. The zero-order chi connectivity index (χ0) is 11.3. The predicted molar refractivity (Wildman–Crippen MR) is 70.6 cm³/mol. The van der Waals surface area contributed by atoms with Crippen molar-refractivity contribution in [3.05, 3.63) is 27.7 Å². The molecule has 2 nitrogen and oxygen atoms in total. The summed E-state index contributed by atoms with van der Waals surface area (Å²) < 4.78 is 9.93. The van der Waals surface area contributed by atoms with E-state index in [1.807, 2.05) is 6.26 Å². The Labute approximate surface area is 104 Å². The van der Waals surface area contributed by atoms with Gasteiger partial charge in [0.15, 0.2) is 0 Å². The van der Waals surface area contributed by atoms with Crippen molar-refractivity contribution in [2.45, 2.75) is 13.8 Å². The highest BCUT2D eigenvalue weighted by Crippen LogP contribution is 2.26. The Hall–Kier alpha value is -0.190. The van der Waals surface area contributed by atoms with Crippen molar-refractivity contribution in [2.75, 3.05) is 19.4 Å². The van der Waals surface area contributed by atoms with Crippen molar-refractivity contribution >= 4 is 27.9 Å². The molecule has 0 atom stereocenters. The Morgan fingerprint density at radius 3 is 2.47 bits per heavy atom. The van der Waals surface area contributed by atoms with Crippen LogP contribution in [0.5, 0.6) is 5.75 Å². The molecule has 0 aromatic heterocycles. The zero-order valence-corrected chi connectivity index (χ0v) is 11.7. The summed E-state index contributed by atoms with van der Waals surface area (Å²) in [5, 5.41) is 0. The Morgan fingerprint density at radius 1 is 1.33 bits per heavy atom. The van der Waals surface area contributed by atoms with Gasteiger partial charge < -0.3 is 4.74 Å². The first-order valence-corrected chi connectivity index (χ1v) is 6.82. The van der Waals surface area contributed by atoms with E-state index in [0.717, 1.165) is 16.8 Å². The molecule has 0 spiro atoms. The Balaban J connectivity index is 2.55. The van der Waals surface area contributed by atoms with E-state index >= 15 is 0 Å². The standard InChI is InChI=1S/C11H16BrNOS/c1-8-6-10(7-9(2)11(8)12)14-5-4-13-15-3/h6-7,13H,4-5H2,1-3H3. The maximum Gasteiger partial charge on any atom is 0.119 e. The van der Waals surface area contributed by atoms with Gasteiger partial charge in [-0.25, -0.2) is 0 Å². The van der Waals surface area contributed by atoms with Crippen LogP contribution in [0.3, 0.4) is 0 Å². The number of hydrogen-bond donors (Lipinski definition) is 1. The van der Waals surface area contributed by atoms with Crippen molar-refractivity contribution in [1.29, 1.82) is 0 Å². The van der Waals surface area contributed by atoms with E-state index in [4.69, 9.17) is 4.74 Å². The lowest BCUT2D eigenvalue weighted by Gasteiger charge is -2.10. The third kappa shape index (κ3) is 4.05. The summed E-state index contributed by atoms with van der Waals surface area (Å²) in [5.74, 6) is 0.941. The van der Waals surface area contributed by atoms with Crippen LogP contribution in [-0.2, 0) is 0 Å². The van der Waals surface area contributed by atoms with E-state index < -0.39 is 0 Å². The van der Waals surface area contributed by atoms with Gasteiger partial charge in [0, 0.05) is 11.0 Å². The molecule has 1 rings (SSSR count). The van der Waals surface area contributed by atoms with Crippen molar-refractivity contribution in [3.8, 4) is 5.75 Å². The van der Waals surface area contributed by atoms with Crippen LogP contribution in [0, 0.1) is 13.8 Å². The minimum atomic E-state index is 0.696. The number of aryl methyl sites for hydroxylation is 2. The van der Waals surface area contributed by atoms with Crippen molar-refractivity contribution < 1.29 is 4.74 Å². The Bertz CT molecular complexity index is 307. The molecule has 0 amide bonds. The number of benzene rings is 1. The average Bonchev–Trinajstić information content (AvgIpc) is 2.21. The fraction of sp³-hybridized carbons (Fsp3) is 0.455. The molecular weight excluding hydrogens is 274 g/mol. The molecule has 4 heteroatoms. The number of halogens is 1. The molecule has 1 aromatic rings. The second-order valence-corrected chi connectivity index (χ2v) is 4.81.